The van der Waals surface area contributed by atoms with Crippen LogP contribution in [0.4, 0.5) is 0 Å². The maximum Gasteiger partial charge on any atom is 0.338 e. The molecule has 3 rings (SSSR count). The van der Waals surface area contributed by atoms with Crippen LogP contribution in [0.5, 0.6) is 0 Å². The second-order valence-electron chi connectivity index (χ2n) is 4.13. The maximum absolute atomic E-state index is 11.3. The van der Waals surface area contributed by atoms with E-state index in [2.05, 4.69) is 25.9 Å². The zero-order chi connectivity index (χ0) is 14.1. The fourth-order valence-corrected chi connectivity index (χ4v) is 3.12. The summed E-state index contributed by atoms with van der Waals surface area (Å²) in [5.74, 6) is -0.989. The van der Waals surface area contributed by atoms with Crippen molar-refractivity contribution in [1.29, 1.82) is 0 Å². The van der Waals surface area contributed by atoms with Gasteiger partial charge < -0.3 is 10.1 Å². The highest BCUT2D eigenvalue weighted by atomic mass is 79.9. The molecule has 0 atom stereocenters. The Kier molecular flexibility index (Phi) is 3.50. The van der Waals surface area contributed by atoms with Crippen LogP contribution in [0, 0.1) is 0 Å². The van der Waals surface area contributed by atoms with Gasteiger partial charge in [0.25, 0.3) is 0 Å². The van der Waals surface area contributed by atoms with E-state index < -0.39 is 5.97 Å². The number of nitrogens with zero attached hydrogens (tertiary/aromatic N) is 1. The number of rotatable bonds is 3. The number of benzene rings is 1. The standard InChI is InChI=1S/C14H9BrN2O2S/c15-9-6-10(14(18)19)13(16-7-9)20-12-5-8-3-1-2-4-11(8)17-12/h1-7,17H,(H,18,19). The van der Waals surface area contributed by atoms with Gasteiger partial charge in [0.2, 0.25) is 0 Å². The van der Waals surface area contributed by atoms with Crippen molar-refractivity contribution in [2.24, 2.45) is 0 Å². The van der Waals surface area contributed by atoms with Gasteiger partial charge in [-0.05, 0) is 34.1 Å². The zero-order valence-corrected chi connectivity index (χ0v) is 12.5. The quantitative estimate of drug-likeness (QED) is 0.745. The lowest BCUT2D eigenvalue weighted by Gasteiger charge is -2.03. The molecule has 6 heteroatoms. The summed E-state index contributed by atoms with van der Waals surface area (Å²) in [4.78, 5) is 18.7. The van der Waals surface area contributed by atoms with Gasteiger partial charge >= 0.3 is 5.97 Å². The molecule has 0 fully saturated rings. The molecule has 0 radical (unpaired) electrons. The lowest BCUT2D eigenvalue weighted by atomic mass is 10.3. The molecule has 2 heterocycles. The van der Waals surface area contributed by atoms with E-state index in [1.165, 1.54) is 11.8 Å². The lowest BCUT2D eigenvalue weighted by Crippen LogP contribution is -2.00. The lowest BCUT2D eigenvalue weighted by molar-refractivity contribution is 0.0692. The molecule has 0 unspecified atom stereocenters. The molecule has 2 N–H and O–H groups in total. The Bertz CT molecular complexity index is 768. The number of nitrogens with one attached hydrogen (secondary N) is 1. The molecule has 0 aliphatic rings. The van der Waals surface area contributed by atoms with Crippen LogP contribution in [-0.4, -0.2) is 21.0 Å². The van der Waals surface area contributed by atoms with Crippen LogP contribution in [0.2, 0.25) is 0 Å². The SMILES string of the molecule is O=C(O)c1cc(Br)cnc1Sc1cc2ccccc2[nH]1. The number of para-hydroxylation sites is 1. The monoisotopic (exact) mass is 348 g/mol. The molecule has 3 aromatic rings. The fraction of sp³-hybridized carbons (Fsp3) is 0. The second-order valence-corrected chi connectivity index (χ2v) is 6.08. The highest BCUT2D eigenvalue weighted by Gasteiger charge is 2.14. The van der Waals surface area contributed by atoms with E-state index in [9.17, 15) is 9.90 Å². The van der Waals surface area contributed by atoms with Gasteiger partial charge in [-0.25, -0.2) is 9.78 Å². The first-order chi connectivity index (χ1) is 9.63. The molecule has 0 aliphatic heterocycles. The van der Waals surface area contributed by atoms with Crippen molar-refractivity contribution in [1.82, 2.24) is 9.97 Å². The third-order valence-corrected chi connectivity index (χ3v) is 4.15. The van der Waals surface area contributed by atoms with Gasteiger partial charge in [-0.15, -0.1) is 0 Å². The number of carboxylic acids is 1. The van der Waals surface area contributed by atoms with E-state index >= 15 is 0 Å². The van der Waals surface area contributed by atoms with Crippen LogP contribution >= 0.6 is 27.7 Å². The van der Waals surface area contributed by atoms with Crippen molar-refractivity contribution in [3.63, 3.8) is 0 Å². The average Bonchev–Trinajstić information content (AvgIpc) is 2.82. The normalized spacial score (nSPS) is 10.8. The maximum atomic E-state index is 11.3. The van der Waals surface area contributed by atoms with E-state index in [-0.39, 0.29) is 5.56 Å². The molecule has 1 aromatic carbocycles. The summed E-state index contributed by atoms with van der Waals surface area (Å²) < 4.78 is 0.649. The number of fused-ring (bicyclic) bond motifs is 1. The number of aromatic nitrogens is 2. The van der Waals surface area contributed by atoms with Crippen LogP contribution < -0.4 is 0 Å². The minimum absolute atomic E-state index is 0.183. The first-order valence-electron chi connectivity index (χ1n) is 5.78. The molecule has 0 saturated heterocycles. The highest BCUT2D eigenvalue weighted by molar-refractivity contribution is 9.10. The predicted molar refractivity (Wildman–Crippen MR) is 81.3 cm³/mol. The van der Waals surface area contributed by atoms with Crippen LogP contribution in [0.25, 0.3) is 10.9 Å². The Morgan fingerprint density at radius 3 is 2.85 bits per heavy atom. The highest BCUT2D eigenvalue weighted by Crippen LogP contribution is 2.31. The van der Waals surface area contributed by atoms with E-state index in [0.29, 0.717) is 9.50 Å². The third-order valence-electron chi connectivity index (χ3n) is 2.76. The number of aromatic carboxylic acids is 1. The van der Waals surface area contributed by atoms with Gasteiger partial charge in [0, 0.05) is 21.6 Å². The molecule has 0 spiro atoms. The van der Waals surface area contributed by atoms with Crippen LogP contribution in [-0.2, 0) is 0 Å². The van der Waals surface area contributed by atoms with E-state index in [0.717, 1.165) is 15.9 Å². The van der Waals surface area contributed by atoms with Crippen molar-refractivity contribution < 1.29 is 9.90 Å². The summed E-state index contributed by atoms with van der Waals surface area (Å²) in [6, 6.07) is 11.4. The van der Waals surface area contributed by atoms with Crippen LogP contribution in [0.15, 0.2) is 57.1 Å². The Balaban J connectivity index is 2.00. The third kappa shape index (κ3) is 2.57. The van der Waals surface area contributed by atoms with Gasteiger partial charge in [-0.3, -0.25) is 0 Å². The molecular formula is C14H9BrN2O2S. The van der Waals surface area contributed by atoms with Crippen molar-refractivity contribution in [3.05, 3.63) is 52.6 Å². The molecule has 0 saturated carbocycles. The molecule has 0 aliphatic carbocycles. The second kappa shape index (κ2) is 5.30. The van der Waals surface area contributed by atoms with Crippen molar-refractivity contribution in [2.45, 2.75) is 10.1 Å². The minimum atomic E-state index is -0.989. The van der Waals surface area contributed by atoms with Gasteiger partial charge in [0.15, 0.2) is 0 Å². The number of pyridine rings is 1. The topological polar surface area (TPSA) is 66.0 Å². The van der Waals surface area contributed by atoms with Gasteiger partial charge in [-0.1, -0.05) is 30.0 Å². The van der Waals surface area contributed by atoms with Crippen molar-refractivity contribution in [2.75, 3.05) is 0 Å². The molecular weight excluding hydrogens is 340 g/mol. The molecule has 100 valence electrons. The average molecular weight is 349 g/mol. The fourth-order valence-electron chi connectivity index (χ4n) is 1.87. The number of hydrogen-bond acceptors (Lipinski definition) is 3. The van der Waals surface area contributed by atoms with Crippen molar-refractivity contribution >= 4 is 44.6 Å². The molecule has 0 amide bonds. The summed E-state index contributed by atoms with van der Waals surface area (Å²) in [6.45, 7) is 0. The first kappa shape index (κ1) is 13.2. The molecule has 4 nitrogen and oxygen atoms in total. The van der Waals surface area contributed by atoms with Crippen LogP contribution in [0.1, 0.15) is 10.4 Å². The number of H-pyrrole nitrogens is 1. The minimum Gasteiger partial charge on any atom is -0.478 e. The number of aromatic amines is 1. The van der Waals surface area contributed by atoms with Crippen LogP contribution in [0.3, 0.4) is 0 Å². The largest absolute Gasteiger partial charge is 0.478 e. The first-order valence-corrected chi connectivity index (χ1v) is 7.39. The Morgan fingerprint density at radius 1 is 1.30 bits per heavy atom. The summed E-state index contributed by atoms with van der Waals surface area (Å²) in [6.07, 6.45) is 1.59. The predicted octanol–water partition coefficient (Wildman–Crippen LogP) is 4.17. The number of carboxylic acid groups (broad SMARTS) is 1. The van der Waals surface area contributed by atoms with E-state index in [1.54, 1.807) is 12.3 Å². The zero-order valence-electron chi connectivity index (χ0n) is 10.1. The summed E-state index contributed by atoms with van der Waals surface area (Å²) in [5.41, 5.74) is 1.20. The molecule has 0 bridgehead atoms. The van der Waals surface area contributed by atoms with Crippen molar-refractivity contribution in [3.8, 4) is 0 Å². The molecule has 20 heavy (non-hydrogen) atoms. The number of halogens is 1. The van der Waals surface area contributed by atoms with Gasteiger partial charge in [0.05, 0.1) is 10.6 Å². The number of carbonyl (C=O) groups is 1. The Morgan fingerprint density at radius 2 is 2.10 bits per heavy atom. The van der Waals surface area contributed by atoms with E-state index in [4.69, 9.17) is 0 Å². The summed E-state index contributed by atoms with van der Waals surface area (Å²) in [7, 11) is 0. The summed E-state index contributed by atoms with van der Waals surface area (Å²) >= 11 is 4.54. The molecule has 2 aromatic heterocycles. The summed E-state index contributed by atoms with van der Waals surface area (Å²) in [5, 5.41) is 11.6. The van der Waals surface area contributed by atoms with Gasteiger partial charge in [-0.2, -0.15) is 0 Å². The Labute approximate surface area is 127 Å². The Hall–Kier alpha value is -1.79. The smallest absolute Gasteiger partial charge is 0.338 e. The number of hydrogen-bond donors (Lipinski definition) is 2. The van der Waals surface area contributed by atoms with E-state index in [1.807, 2.05) is 30.3 Å². The van der Waals surface area contributed by atoms with Gasteiger partial charge in [0.1, 0.15) is 5.03 Å².